The molecular weight excluding hydrogens is 753 g/mol. The molecule has 5 aliphatic rings. The van der Waals surface area contributed by atoms with Crippen LogP contribution in [0.5, 0.6) is 5.75 Å². The first-order valence-electron chi connectivity index (χ1n) is 20.3. The van der Waals surface area contributed by atoms with Crippen molar-refractivity contribution in [2.24, 2.45) is 16.2 Å². The van der Waals surface area contributed by atoms with Crippen LogP contribution in [0.4, 0.5) is 15.6 Å². The maximum absolute atomic E-state index is 14.0. The summed E-state index contributed by atoms with van der Waals surface area (Å²) in [5.41, 5.74) is 4.69. The van der Waals surface area contributed by atoms with E-state index in [1.54, 1.807) is 4.90 Å². The van der Waals surface area contributed by atoms with E-state index in [2.05, 4.69) is 35.8 Å². The molecule has 2 aromatic carbocycles. The third-order valence-electron chi connectivity index (χ3n) is 12.4. The van der Waals surface area contributed by atoms with Crippen molar-refractivity contribution in [1.82, 2.24) is 19.7 Å². The highest BCUT2D eigenvalue weighted by molar-refractivity contribution is 7.22. The van der Waals surface area contributed by atoms with E-state index in [0.717, 1.165) is 60.1 Å². The maximum atomic E-state index is 14.0. The lowest BCUT2D eigenvalue weighted by molar-refractivity contribution is -0.250. The van der Waals surface area contributed by atoms with Gasteiger partial charge < -0.3 is 19.3 Å². The molecule has 2 unspecified atom stereocenters. The second-order valence-corrected chi connectivity index (χ2v) is 20.0. The van der Waals surface area contributed by atoms with E-state index in [4.69, 9.17) is 24.3 Å². The minimum Gasteiger partial charge on any atom is -0.490 e. The van der Waals surface area contributed by atoms with Gasteiger partial charge in [-0.25, -0.2) is 19.6 Å². The van der Waals surface area contributed by atoms with Crippen LogP contribution >= 0.6 is 11.3 Å². The number of ether oxygens (including phenoxy) is 3. The zero-order valence-corrected chi connectivity index (χ0v) is 35.0. The number of pyridine rings is 1. The molecule has 4 heterocycles. The molecule has 0 saturated heterocycles. The number of hydrogen-bond acceptors (Lipinski definition) is 10. The highest BCUT2D eigenvalue weighted by Gasteiger charge is 2.66. The Labute approximate surface area is 342 Å². The van der Waals surface area contributed by atoms with Gasteiger partial charge >= 0.3 is 12.0 Å². The van der Waals surface area contributed by atoms with E-state index in [9.17, 15) is 14.7 Å². The van der Waals surface area contributed by atoms with E-state index in [1.165, 1.54) is 17.8 Å². The first-order chi connectivity index (χ1) is 27.6. The van der Waals surface area contributed by atoms with Crippen LogP contribution in [0.25, 0.3) is 32.6 Å². The zero-order chi connectivity index (χ0) is 40.7. The lowest BCUT2D eigenvalue weighted by atomic mass is 9.39. The summed E-state index contributed by atoms with van der Waals surface area (Å²) in [6, 6.07) is 16.9. The summed E-state index contributed by atoms with van der Waals surface area (Å²) in [4.78, 5) is 38.9. The lowest BCUT2D eigenvalue weighted by Crippen LogP contribution is -2.64. The van der Waals surface area contributed by atoms with Crippen LogP contribution in [0, 0.1) is 23.2 Å². The molecule has 3 aromatic heterocycles. The number of carbonyl (C=O) groups excluding carboxylic acids is 2. The molecule has 58 heavy (non-hydrogen) atoms. The molecule has 4 saturated carbocycles. The first kappa shape index (κ1) is 38.7. The Bertz CT molecular complexity index is 2380. The van der Waals surface area contributed by atoms with Gasteiger partial charge in [0.2, 0.25) is 0 Å². The standard InChI is InChI=1S/C45H52N6O6S/c1-28-31(20-46-51(28)27-44-22-42(5)21-43(6,23-44)25-45(24-42,26-44)56-18-16-52)30-12-13-32(47-37(30)38(53)57-41(2,3)4)29-11-14-35-34(19-29)50(15-17-55-35)40(54)49-39-48-33-9-7-8-10-36(33)58-39/h7-14,19-20,52H,15-18,21-27H2,1-6H3,(H,48,49,54). The molecule has 304 valence electrons. The number of fused-ring (bicyclic) bond motifs is 2. The number of aromatic nitrogens is 4. The number of benzene rings is 2. The Morgan fingerprint density at radius 2 is 1.74 bits per heavy atom. The van der Waals surface area contributed by atoms with Gasteiger partial charge in [0, 0.05) is 28.9 Å². The predicted molar refractivity (Wildman–Crippen MR) is 224 cm³/mol. The van der Waals surface area contributed by atoms with Gasteiger partial charge in [-0.2, -0.15) is 5.10 Å². The molecule has 2 atom stereocenters. The number of thiazole rings is 1. The minimum atomic E-state index is -0.746. The maximum Gasteiger partial charge on any atom is 0.358 e. The summed E-state index contributed by atoms with van der Waals surface area (Å²) >= 11 is 1.42. The summed E-state index contributed by atoms with van der Waals surface area (Å²) in [5.74, 6) is 0.0499. The number of aliphatic hydroxyl groups is 1. The molecule has 4 bridgehead atoms. The SMILES string of the molecule is Cc1c(-c2ccc(-c3ccc4c(c3)N(C(=O)Nc3nc5ccccc5s3)CCO4)nc2C(=O)OC(C)(C)C)cnn1CC12CC3(C)CC(C)(C1)CC(OCCO)(C3)C2. The van der Waals surface area contributed by atoms with Crippen LogP contribution in [0.15, 0.2) is 60.8 Å². The fourth-order valence-corrected chi connectivity index (χ4v) is 12.4. The van der Waals surface area contributed by atoms with Crippen molar-refractivity contribution in [2.75, 3.05) is 36.6 Å². The average molecular weight is 805 g/mol. The van der Waals surface area contributed by atoms with E-state index in [-0.39, 0.29) is 40.2 Å². The molecule has 2 N–H and O–H groups in total. The molecule has 0 spiro atoms. The summed E-state index contributed by atoms with van der Waals surface area (Å²) in [6.45, 7) is 14.3. The second-order valence-electron chi connectivity index (χ2n) is 18.9. The zero-order valence-electron chi connectivity index (χ0n) is 34.2. The van der Waals surface area contributed by atoms with Crippen molar-refractivity contribution in [2.45, 2.75) is 97.8 Å². The molecule has 12 nitrogen and oxygen atoms in total. The number of para-hydroxylation sites is 1. The monoisotopic (exact) mass is 804 g/mol. The molecule has 4 fully saturated rings. The van der Waals surface area contributed by atoms with E-state index in [0.29, 0.717) is 53.1 Å². The van der Waals surface area contributed by atoms with Crippen molar-refractivity contribution >= 4 is 44.4 Å². The highest BCUT2D eigenvalue weighted by Crippen LogP contribution is 2.72. The van der Waals surface area contributed by atoms with Crippen LogP contribution < -0.4 is 15.0 Å². The van der Waals surface area contributed by atoms with Crippen molar-refractivity contribution in [3.8, 4) is 28.1 Å². The lowest BCUT2D eigenvalue weighted by Gasteiger charge is -2.69. The largest absolute Gasteiger partial charge is 0.490 e. The number of nitrogens with zero attached hydrogens (tertiary/aromatic N) is 5. The Balaban J connectivity index is 1.03. The Morgan fingerprint density at radius 3 is 2.48 bits per heavy atom. The number of urea groups is 1. The average Bonchev–Trinajstić information content (AvgIpc) is 3.72. The predicted octanol–water partition coefficient (Wildman–Crippen LogP) is 9.04. The molecule has 4 aliphatic carbocycles. The van der Waals surface area contributed by atoms with Gasteiger partial charge in [-0.3, -0.25) is 14.9 Å². The second kappa shape index (κ2) is 13.9. The summed E-state index contributed by atoms with van der Waals surface area (Å²) in [5, 5.41) is 18.1. The highest BCUT2D eigenvalue weighted by atomic mass is 32.1. The third kappa shape index (κ3) is 7.15. The molecule has 5 aromatic rings. The molecular formula is C45H52N6O6S. The van der Waals surface area contributed by atoms with Gasteiger partial charge in [-0.1, -0.05) is 37.3 Å². The molecule has 1 aliphatic heterocycles. The van der Waals surface area contributed by atoms with Crippen LogP contribution in [-0.4, -0.2) is 74.4 Å². The van der Waals surface area contributed by atoms with E-state index >= 15 is 0 Å². The van der Waals surface area contributed by atoms with Crippen molar-refractivity contribution in [1.29, 1.82) is 0 Å². The Kier molecular flexibility index (Phi) is 9.25. The Hall–Kier alpha value is -4.85. The van der Waals surface area contributed by atoms with Gasteiger partial charge in [0.1, 0.15) is 18.0 Å². The third-order valence-corrected chi connectivity index (χ3v) is 13.3. The summed E-state index contributed by atoms with van der Waals surface area (Å²) in [7, 11) is 0. The summed E-state index contributed by atoms with van der Waals surface area (Å²) in [6.07, 6.45) is 8.28. The number of anilines is 2. The van der Waals surface area contributed by atoms with Crippen LogP contribution in [0.3, 0.4) is 0 Å². The van der Waals surface area contributed by atoms with Crippen LogP contribution in [0.2, 0.25) is 0 Å². The van der Waals surface area contributed by atoms with E-state index < -0.39 is 11.6 Å². The van der Waals surface area contributed by atoms with Gasteiger partial charge in [0.25, 0.3) is 0 Å². The number of aliphatic hydroxyl groups excluding tert-OH is 1. The number of esters is 1. The molecule has 0 radical (unpaired) electrons. The number of rotatable bonds is 9. The molecule has 13 heteroatoms. The summed E-state index contributed by atoms with van der Waals surface area (Å²) < 4.78 is 21.6. The minimum absolute atomic E-state index is 0.00714. The molecule has 10 rings (SSSR count). The Morgan fingerprint density at radius 1 is 0.966 bits per heavy atom. The van der Waals surface area contributed by atoms with Gasteiger partial charge in [-0.05, 0) is 125 Å². The fourth-order valence-electron chi connectivity index (χ4n) is 11.6. The van der Waals surface area contributed by atoms with Gasteiger partial charge in [0.15, 0.2) is 10.8 Å². The van der Waals surface area contributed by atoms with Gasteiger partial charge in [-0.15, -0.1) is 0 Å². The number of amides is 2. The number of hydrogen-bond donors (Lipinski definition) is 2. The first-order valence-corrected chi connectivity index (χ1v) is 21.1. The normalized spacial score (nSPS) is 26.1. The van der Waals surface area contributed by atoms with Crippen LogP contribution in [-0.2, 0) is 16.0 Å². The number of nitrogens with one attached hydrogen (secondary N) is 1. The fraction of sp³-hybridized carbons (Fsp3) is 0.489. The van der Waals surface area contributed by atoms with Crippen molar-refractivity contribution in [3.63, 3.8) is 0 Å². The van der Waals surface area contributed by atoms with Crippen molar-refractivity contribution < 1.29 is 28.9 Å². The smallest absolute Gasteiger partial charge is 0.358 e. The van der Waals surface area contributed by atoms with Crippen molar-refractivity contribution in [3.05, 3.63) is 72.2 Å². The van der Waals surface area contributed by atoms with E-state index in [1.807, 2.05) is 81.6 Å². The quantitative estimate of drug-likeness (QED) is 0.140. The van der Waals surface area contributed by atoms with Gasteiger partial charge in [0.05, 0.1) is 53.2 Å². The van der Waals surface area contributed by atoms with Crippen LogP contribution in [0.1, 0.15) is 89.3 Å². The number of carbonyl (C=O) groups is 2. The topological polar surface area (TPSA) is 141 Å². The molecule has 2 amide bonds.